The molecule has 1 atom stereocenters. The first kappa shape index (κ1) is 11.8. The Morgan fingerprint density at radius 3 is 2.68 bits per heavy atom. The van der Waals surface area contributed by atoms with Crippen LogP contribution in [0.2, 0.25) is 0 Å². The lowest BCUT2D eigenvalue weighted by molar-refractivity contribution is 0.112. The average Bonchev–Trinajstić information content (AvgIpc) is 2.47. The molecule has 0 amide bonds. The minimum Gasteiger partial charge on any atom is -0.298 e. The zero-order chi connectivity index (χ0) is 13.2. The molecule has 1 aromatic carbocycles. The second-order valence-corrected chi connectivity index (χ2v) is 4.95. The van der Waals surface area contributed by atoms with Crippen molar-refractivity contribution < 1.29 is 4.79 Å². The lowest BCUT2D eigenvalue weighted by atomic mass is 9.91. The van der Waals surface area contributed by atoms with Crippen LogP contribution in [0.4, 0.5) is 0 Å². The van der Waals surface area contributed by atoms with Gasteiger partial charge in [-0.25, -0.2) is 4.98 Å². The number of pyridine rings is 1. The predicted molar refractivity (Wildman–Crippen MR) is 77.1 cm³/mol. The number of rotatable bonds is 2. The summed E-state index contributed by atoms with van der Waals surface area (Å²) in [6.07, 6.45) is 6.22. The van der Waals surface area contributed by atoms with E-state index < -0.39 is 0 Å². The Morgan fingerprint density at radius 2 is 1.95 bits per heavy atom. The maximum Gasteiger partial charge on any atom is 0.150 e. The topological polar surface area (TPSA) is 30.0 Å². The van der Waals surface area contributed by atoms with Gasteiger partial charge in [-0.2, -0.15) is 0 Å². The summed E-state index contributed by atoms with van der Waals surface area (Å²) in [5.74, 6) is 0.541. The van der Waals surface area contributed by atoms with E-state index in [1.807, 2.05) is 24.3 Å². The molecule has 1 aromatic heterocycles. The molecular weight excluding hydrogens is 234 g/mol. The van der Waals surface area contributed by atoms with Gasteiger partial charge in [0.1, 0.15) is 6.29 Å². The van der Waals surface area contributed by atoms with Crippen LogP contribution in [0.1, 0.15) is 40.9 Å². The maximum absolute atomic E-state index is 10.7. The molecule has 0 radical (unpaired) electrons. The van der Waals surface area contributed by atoms with Crippen LogP contribution in [0.3, 0.4) is 0 Å². The van der Waals surface area contributed by atoms with E-state index in [2.05, 4.69) is 31.2 Å². The van der Waals surface area contributed by atoms with Crippen molar-refractivity contribution in [3.05, 3.63) is 59.3 Å². The van der Waals surface area contributed by atoms with Crippen LogP contribution >= 0.6 is 0 Å². The van der Waals surface area contributed by atoms with Gasteiger partial charge in [0.15, 0.2) is 0 Å². The number of fused-ring (bicyclic) bond motifs is 1. The SMILES string of the molecule is CC1CC=Cc2nc(-c3ccc(C=O)cc3)ccc21. The highest BCUT2D eigenvalue weighted by Crippen LogP contribution is 2.30. The molecule has 1 heterocycles. The van der Waals surface area contributed by atoms with Gasteiger partial charge in [0.05, 0.1) is 11.4 Å². The zero-order valence-electron chi connectivity index (χ0n) is 10.8. The minimum atomic E-state index is 0.541. The zero-order valence-corrected chi connectivity index (χ0v) is 10.8. The molecule has 0 spiro atoms. The summed E-state index contributed by atoms with van der Waals surface area (Å²) in [7, 11) is 0. The van der Waals surface area contributed by atoms with E-state index in [9.17, 15) is 4.79 Å². The quantitative estimate of drug-likeness (QED) is 0.750. The molecule has 2 nitrogen and oxygen atoms in total. The summed E-state index contributed by atoms with van der Waals surface area (Å²) in [5.41, 5.74) is 5.07. The molecule has 1 aliphatic rings. The van der Waals surface area contributed by atoms with E-state index >= 15 is 0 Å². The predicted octanol–water partition coefficient (Wildman–Crippen LogP) is 4.08. The van der Waals surface area contributed by atoms with Crippen molar-refractivity contribution >= 4 is 12.4 Å². The molecule has 94 valence electrons. The molecule has 1 unspecified atom stereocenters. The highest BCUT2D eigenvalue weighted by Gasteiger charge is 2.14. The number of benzene rings is 1. The van der Waals surface area contributed by atoms with Crippen LogP contribution in [0, 0.1) is 0 Å². The van der Waals surface area contributed by atoms with Crippen LogP contribution in [0.5, 0.6) is 0 Å². The highest BCUT2D eigenvalue weighted by atomic mass is 16.1. The van der Waals surface area contributed by atoms with Crippen molar-refractivity contribution in [1.29, 1.82) is 0 Å². The molecular formula is C17H15NO. The molecule has 0 saturated carbocycles. The number of allylic oxidation sites excluding steroid dienone is 1. The van der Waals surface area contributed by atoms with Gasteiger partial charge in [-0.05, 0) is 30.0 Å². The van der Waals surface area contributed by atoms with E-state index in [-0.39, 0.29) is 0 Å². The fraction of sp³-hybridized carbons (Fsp3) is 0.176. The van der Waals surface area contributed by atoms with Crippen molar-refractivity contribution in [3.8, 4) is 11.3 Å². The Bertz CT molecular complexity index is 641. The Labute approximate surface area is 112 Å². The third kappa shape index (κ3) is 2.22. The summed E-state index contributed by atoms with van der Waals surface area (Å²) in [4.78, 5) is 15.4. The molecule has 2 heteroatoms. The third-order valence-corrected chi connectivity index (χ3v) is 3.60. The van der Waals surface area contributed by atoms with Gasteiger partial charge in [0.2, 0.25) is 0 Å². The number of aromatic nitrogens is 1. The molecule has 19 heavy (non-hydrogen) atoms. The molecule has 3 rings (SSSR count). The Balaban J connectivity index is 2.02. The maximum atomic E-state index is 10.7. The van der Waals surface area contributed by atoms with Crippen LogP contribution in [0.15, 0.2) is 42.5 Å². The molecule has 0 fully saturated rings. The molecule has 0 N–H and O–H groups in total. The van der Waals surface area contributed by atoms with Crippen LogP contribution in [-0.4, -0.2) is 11.3 Å². The molecule has 1 aliphatic carbocycles. The van der Waals surface area contributed by atoms with Gasteiger partial charge in [0.25, 0.3) is 0 Å². The number of carbonyl (C=O) groups is 1. The molecule has 0 bridgehead atoms. The van der Waals surface area contributed by atoms with Crippen molar-refractivity contribution in [1.82, 2.24) is 4.98 Å². The molecule has 0 aliphatic heterocycles. The first-order chi connectivity index (χ1) is 9.28. The number of carbonyl (C=O) groups excluding carboxylic acids is 1. The second-order valence-electron chi connectivity index (χ2n) is 4.95. The van der Waals surface area contributed by atoms with Crippen molar-refractivity contribution in [2.75, 3.05) is 0 Å². The Kier molecular flexibility index (Phi) is 3.00. The second kappa shape index (κ2) is 4.81. The molecule has 0 saturated heterocycles. The smallest absolute Gasteiger partial charge is 0.150 e. The van der Waals surface area contributed by atoms with Gasteiger partial charge in [-0.1, -0.05) is 43.3 Å². The Morgan fingerprint density at radius 1 is 1.16 bits per heavy atom. The number of hydrogen-bond acceptors (Lipinski definition) is 2. The normalized spacial score (nSPS) is 17.0. The minimum absolute atomic E-state index is 0.541. The summed E-state index contributed by atoms with van der Waals surface area (Å²) >= 11 is 0. The monoisotopic (exact) mass is 249 g/mol. The van der Waals surface area contributed by atoms with E-state index in [0.717, 1.165) is 29.7 Å². The largest absolute Gasteiger partial charge is 0.298 e. The van der Waals surface area contributed by atoms with Crippen molar-refractivity contribution in [2.45, 2.75) is 19.3 Å². The summed E-state index contributed by atoms with van der Waals surface area (Å²) < 4.78 is 0. The first-order valence-electron chi connectivity index (χ1n) is 6.51. The Hall–Kier alpha value is -2.22. The summed E-state index contributed by atoms with van der Waals surface area (Å²) in [5, 5.41) is 0. The fourth-order valence-electron chi connectivity index (χ4n) is 2.44. The van der Waals surface area contributed by atoms with Gasteiger partial charge in [-0.15, -0.1) is 0 Å². The standard InChI is InChI=1S/C17H15NO/c1-12-3-2-4-17-15(12)9-10-16(18-17)14-7-5-13(11-19)6-8-14/h2,4-12H,3H2,1H3. The summed E-state index contributed by atoms with van der Waals surface area (Å²) in [6.45, 7) is 2.22. The lowest BCUT2D eigenvalue weighted by Crippen LogP contribution is -2.02. The van der Waals surface area contributed by atoms with E-state index in [1.165, 1.54) is 5.56 Å². The van der Waals surface area contributed by atoms with E-state index in [1.54, 1.807) is 0 Å². The van der Waals surface area contributed by atoms with Gasteiger partial charge in [0, 0.05) is 11.1 Å². The van der Waals surface area contributed by atoms with E-state index in [0.29, 0.717) is 11.5 Å². The molecule has 2 aromatic rings. The number of nitrogens with zero attached hydrogens (tertiary/aromatic N) is 1. The van der Waals surface area contributed by atoms with Gasteiger partial charge >= 0.3 is 0 Å². The first-order valence-corrected chi connectivity index (χ1v) is 6.51. The number of hydrogen-bond donors (Lipinski definition) is 0. The fourth-order valence-corrected chi connectivity index (χ4v) is 2.44. The van der Waals surface area contributed by atoms with Crippen molar-refractivity contribution in [2.24, 2.45) is 0 Å². The van der Waals surface area contributed by atoms with Crippen LogP contribution in [-0.2, 0) is 0 Å². The van der Waals surface area contributed by atoms with Crippen LogP contribution < -0.4 is 0 Å². The number of aldehydes is 1. The highest BCUT2D eigenvalue weighted by molar-refractivity contribution is 5.76. The van der Waals surface area contributed by atoms with Gasteiger partial charge < -0.3 is 0 Å². The van der Waals surface area contributed by atoms with Crippen molar-refractivity contribution in [3.63, 3.8) is 0 Å². The van der Waals surface area contributed by atoms with Gasteiger partial charge in [-0.3, -0.25) is 4.79 Å². The third-order valence-electron chi connectivity index (χ3n) is 3.60. The van der Waals surface area contributed by atoms with Crippen LogP contribution in [0.25, 0.3) is 17.3 Å². The summed E-state index contributed by atoms with van der Waals surface area (Å²) in [6, 6.07) is 11.7. The average molecular weight is 249 g/mol. The van der Waals surface area contributed by atoms with E-state index in [4.69, 9.17) is 4.98 Å². The lowest BCUT2D eigenvalue weighted by Gasteiger charge is -2.17.